The monoisotopic (exact) mass is 159 g/mol. The molecule has 0 unspecified atom stereocenters. The summed E-state index contributed by atoms with van der Waals surface area (Å²) >= 11 is 0. The van der Waals surface area contributed by atoms with Gasteiger partial charge in [-0.1, -0.05) is 12.1 Å². The Bertz CT molecular complexity index is 337. The molecule has 1 aromatic rings. The minimum Gasteiger partial charge on any atom is -0.253 e. The first-order chi connectivity index (χ1) is 5.77. The molecule has 0 saturated heterocycles. The Morgan fingerprint density at radius 3 is 3.00 bits per heavy atom. The first-order valence-corrected chi connectivity index (χ1v) is 4.41. The van der Waals surface area contributed by atoms with Crippen molar-refractivity contribution < 1.29 is 0 Å². The van der Waals surface area contributed by atoms with E-state index < -0.39 is 0 Å². The average molecular weight is 159 g/mol. The Labute approximate surface area is 73.1 Å². The molecule has 1 aliphatic rings. The standard InChI is InChI=1S/C11H13N/c1-8-7-10-5-3-4-6-11(10)12-9(8)2/h4,6-7H,3,5H2,1-2H3. The molecule has 1 heterocycles. The van der Waals surface area contributed by atoms with E-state index in [1.54, 1.807) is 0 Å². The minimum atomic E-state index is 1.15. The molecular formula is C11H13N. The molecule has 0 N–H and O–H groups in total. The van der Waals surface area contributed by atoms with Gasteiger partial charge >= 0.3 is 0 Å². The van der Waals surface area contributed by atoms with Crippen molar-refractivity contribution in [3.63, 3.8) is 0 Å². The molecule has 1 heteroatoms. The highest BCUT2D eigenvalue weighted by molar-refractivity contribution is 5.53. The van der Waals surface area contributed by atoms with Gasteiger partial charge in [-0.3, -0.25) is 4.98 Å². The van der Waals surface area contributed by atoms with Gasteiger partial charge in [0, 0.05) is 5.69 Å². The summed E-state index contributed by atoms with van der Waals surface area (Å²) in [6, 6.07) is 2.27. The summed E-state index contributed by atoms with van der Waals surface area (Å²) in [5.41, 5.74) is 5.04. The minimum absolute atomic E-state index is 1.15. The highest BCUT2D eigenvalue weighted by atomic mass is 14.7. The Morgan fingerprint density at radius 2 is 2.17 bits per heavy atom. The lowest BCUT2D eigenvalue weighted by atomic mass is 10.00. The van der Waals surface area contributed by atoms with Gasteiger partial charge in [-0.15, -0.1) is 0 Å². The lowest BCUT2D eigenvalue weighted by Gasteiger charge is -2.11. The van der Waals surface area contributed by atoms with Crippen LogP contribution in [0.1, 0.15) is 28.9 Å². The molecule has 0 aromatic carbocycles. The van der Waals surface area contributed by atoms with Crippen LogP contribution in [0.15, 0.2) is 12.1 Å². The van der Waals surface area contributed by atoms with Gasteiger partial charge in [0.05, 0.1) is 5.69 Å². The van der Waals surface area contributed by atoms with E-state index in [2.05, 4.69) is 37.0 Å². The van der Waals surface area contributed by atoms with Gasteiger partial charge in [-0.05, 0) is 43.9 Å². The SMILES string of the molecule is Cc1cc2c(nc1C)C=CCC2. The van der Waals surface area contributed by atoms with Crippen LogP contribution < -0.4 is 0 Å². The second-order valence-electron chi connectivity index (χ2n) is 3.38. The number of hydrogen-bond donors (Lipinski definition) is 0. The van der Waals surface area contributed by atoms with E-state index in [1.165, 1.54) is 16.8 Å². The molecule has 1 aliphatic carbocycles. The third-order valence-electron chi connectivity index (χ3n) is 2.43. The molecule has 0 amide bonds. The van der Waals surface area contributed by atoms with Crippen LogP contribution in [0, 0.1) is 13.8 Å². The van der Waals surface area contributed by atoms with E-state index in [0.717, 1.165) is 18.5 Å². The maximum Gasteiger partial charge on any atom is 0.0661 e. The van der Waals surface area contributed by atoms with Crippen LogP contribution in [-0.4, -0.2) is 4.98 Å². The molecule has 1 aromatic heterocycles. The van der Waals surface area contributed by atoms with Gasteiger partial charge in [0.1, 0.15) is 0 Å². The normalized spacial score (nSPS) is 14.5. The number of aryl methyl sites for hydroxylation is 3. The van der Waals surface area contributed by atoms with Crippen molar-refractivity contribution in [3.05, 3.63) is 34.7 Å². The van der Waals surface area contributed by atoms with Crippen LogP contribution in [0.5, 0.6) is 0 Å². The molecule has 0 atom stereocenters. The quantitative estimate of drug-likeness (QED) is 0.567. The number of pyridine rings is 1. The molecular weight excluding hydrogens is 146 g/mol. The maximum atomic E-state index is 4.53. The molecule has 0 aliphatic heterocycles. The smallest absolute Gasteiger partial charge is 0.0661 e. The zero-order valence-corrected chi connectivity index (χ0v) is 7.59. The highest BCUT2D eigenvalue weighted by Crippen LogP contribution is 2.19. The van der Waals surface area contributed by atoms with E-state index in [9.17, 15) is 0 Å². The third kappa shape index (κ3) is 1.15. The molecule has 0 bridgehead atoms. The van der Waals surface area contributed by atoms with Crippen molar-refractivity contribution in [1.82, 2.24) is 4.98 Å². The van der Waals surface area contributed by atoms with Crippen LogP contribution in [0.4, 0.5) is 0 Å². The molecule has 0 saturated carbocycles. The summed E-state index contributed by atoms with van der Waals surface area (Å²) in [5.74, 6) is 0. The van der Waals surface area contributed by atoms with E-state index in [1.807, 2.05) is 0 Å². The number of nitrogens with zero attached hydrogens (tertiary/aromatic N) is 1. The van der Waals surface area contributed by atoms with Crippen LogP contribution >= 0.6 is 0 Å². The summed E-state index contributed by atoms with van der Waals surface area (Å²) in [7, 11) is 0. The molecule has 2 rings (SSSR count). The Morgan fingerprint density at radius 1 is 1.33 bits per heavy atom. The maximum absolute atomic E-state index is 4.53. The molecule has 62 valence electrons. The average Bonchev–Trinajstić information content (AvgIpc) is 2.07. The predicted octanol–water partition coefficient (Wildman–Crippen LogP) is 2.66. The largest absolute Gasteiger partial charge is 0.253 e. The lowest BCUT2D eigenvalue weighted by Crippen LogP contribution is -2.00. The molecule has 0 radical (unpaired) electrons. The van der Waals surface area contributed by atoms with Crippen molar-refractivity contribution >= 4 is 6.08 Å². The van der Waals surface area contributed by atoms with Gasteiger partial charge in [0.15, 0.2) is 0 Å². The fourth-order valence-electron chi connectivity index (χ4n) is 1.56. The van der Waals surface area contributed by atoms with Crippen LogP contribution in [-0.2, 0) is 6.42 Å². The zero-order chi connectivity index (χ0) is 8.55. The number of rotatable bonds is 0. The predicted molar refractivity (Wildman–Crippen MR) is 51.1 cm³/mol. The first kappa shape index (κ1) is 7.53. The third-order valence-corrected chi connectivity index (χ3v) is 2.43. The first-order valence-electron chi connectivity index (χ1n) is 4.41. The second-order valence-corrected chi connectivity index (χ2v) is 3.38. The van der Waals surface area contributed by atoms with E-state index >= 15 is 0 Å². The lowest BCUT2D eigenvalue weighted by molar-refractivity contribution is 0.947. The van der Waals surface area contributed by atoms with Crippen molar-refractivity contribution in [2.45, 2.75) is 26.7 Å². The fourth-order valence-corrected chi connectivity index (χ4v) is 1.56. The van der Waals surface area contributed by atoms with E-state index in [4.69, 9.17) is 0 Å². The summed E-state index contributed by atoms with van der Waals surface area (Å²) < 4.78 is 0. The van der Waals surface area contributed by atoms with E-state index in [0.29, 0.717) is 0 Å². The summed E-state index contributed by atoms with van der Waals surface area (Å²) in [5, 5.41) is 0. The van der Waals surface area contributed by atoms with Crippen LogP contribution in [0.3, 0.4) is 0 Å². The van der Waals surface area contributed by atoms with Gasteiger partial charge in [0.2, 0.25) is 0 Å². The van der Waals surface area contributed by atoms with Gasteiger partial charge in [-0.25, -0.2) is 0 Å². The molecule has 0 fully saturated rings. The van der Waals surface area contributed by atoms with Crippen molar-refractivity contribution in [2.75, 3.05) is 0 Å². The number of hydrogen-bond acceptors (Lipinski definition) is 1. The number of fused-ring (bicyclic) bond motifs is 1. The van der Waals surface area contributed by atoms with Gasteiger partial charge in [-0.2, -0.15) is 0 Å². The van der Waals surface area contributed by atoms with Gasteiger partial charge < -0.3 is 0 Å². The van der Waals surface area contributed by atoms with Crippen LogP contribution in [0.25, 0.3) is 6.08 Å². The number of aromatic nitrogens is 1. The van der Waals surface area contributed by atoms with Gasteiger partial charge in [0.25, 0.3) is 0 Å². The summed E-state index contributed by atoms with van der Waals surface area (Å²) in [6.45, 7) is 4.19. The number of allylic oxidation sites excluding steroid dienone is 1. The molecule has 12 heavy (non-hydrogen) atoms. The zero-order valence-electron chi connectivity index (χ0n) is 7.59. The Hall–Kier alpha value is -1.11. The summed E-state index contributed by atoms with van der Waals surface area (Å²) in [6.07, 6.45) is 6.65. The Kier molecular flexibility index (Phi) is 1.72. The van der Waals surface area contributed by atoms with Crippen molar-refractivity contribution in [2.24, 2.45) is 0 Å². The summed E-state index contributed by atoms with van der Waals surface area (Å²) in [4.78, 5) is 4.53. The van der Waals surface area contributed by atoms with Crippen LogP contribution in [0.2, 0.25) is 0 Å². The van der Waals surface area contributed by atoms with E-state index in [-0.39, 0.29) is 0 Å². The fraction of sp³-hybridized carbons (Fsp3) is 0.364. The molecule has 1 nitrogen and oxygen atoms in total. The molecule has 0 spiro atoms. The second kappa shape index (κ2) is 2.74. The topological polar surface area (TPSA) is 12.9 Å². The van der Waals surface area contributed by atoms with Crippen molar-refractivity contribution in [1.29, 1.82) is 0 Å². The van der Waals surface area contributed by atoms with Crippen molar-refractivity contribution in [3.8, 4) is 0 Å². The Balaban J connectivity index is 2.58. The highest BCUT2D eigenvalue weighted by Gasteiger charge is 2.06.